The quantitative estimate of drug-likeness (QED) is 0.914. The molecule has 1 aromatic heterocycles. The van der Waals surface area contributed by atoms with Gasteiger partial charge in [0.25, 0.3) is 0 Å². The summed E-state index contributed by atoms with van der Waals surface area (Å²) in [5, 5.41) is 0. The minimum atomic E-state index is 0.437. The molecule has 0 aliphatic heterocycles. The number of nitrogen functional groups attached to an aromatic ring is 1. The summed E-state index contributed by atoms with van der Waals surface area (Å²) in [6.07, 6.45) is 0. The van der Waals surface area contributed by atoms with E-state index in [4.69, 9.17) is 10.5 Å². The van der Waals surface area contributed by atoms with Gasteiger partial charge in [-0.2, -0.15) is 0 Å². The maximum absolute atomic E-state index is 5.78. The lowest BCUT2D eigenvalue weighted by Gasteiger charge is -2.09. The first-order chi connectivity index (χ1) is 7.66. The molecule has 0 aliphatic carbocycles. The zero-order chi connectivity index (χ0) is 11.5. The molecular weight excluding hydrogens is 268 g/mol. The molecule has 0 saturated heterocycles. The van der Waals surface area contributed by atoms with E-state index in [1.165, 1.54) is 0 Å². The summed E-state index contributed by atoms with van der Waals surface area (Å²) < 4.78 is 6.51. The topological polar surface area (TPSA) is 48.1 Å². The number of ether oxygens (including phenoxy) is 1. The first-order valence-electron chi connectivity index (χ1n) is 4.82. The highest BCUT2D eigenvalue weighted by molar-refractivity contribution is 9.10. The fraction of sp³-hybridized carbons (Fsp3) is 0.0833. The van der Waals surface area contributed by atoms with E-state index < -0.39 is 0 Å². The Balaban J connectivity index is 2.34. The number of aryl methyl sites for hydroxylation is 1. The Labute approximate surface area is 102 Å². The van der Waals surface area contributed by atoms with Crippen molar-refractivity contribution in [3.63, 3.8) is 0 Å². The van der Waals surface area contributed by atoms with Crippen LogP contribution in [0.2, 0.25) is 0 Å². The zero-order valence-electron chi connectivity index (χ0n) is 8.77. The van der Waals surface area contributed by atoms with Gasteiger partial charge in [0.05, 0.1) is 10.2 Å². The van der Waals surface area contributed by atoms with Gasteiger partial charge in [-0.1, -0.05) is 12.1 Å². The number of hydrogen-bond donors (Lipinski definition) is 1. The van der Waals surface area contributed by atoms with E-state index in [1.807, 2.05) is 37.3 Å². The van der Waals surface area contributed by atoms with Crippen LogP contribution in [0.5, 0.6) is 11.6 Å². The van der Waals surface area contributed by atoms with E-state index >= 15 is 0 Å². The molecule has 0 unspecified atom stereocenters. The van der Waals surface area contributed by atoms with E-state index in [0.29, 0.717) is 17.3 Å². The largest absolute Gasteiger partial charge is 0.436 e. The normalized spacial score (nSPS) is 10.1. The smallest absolute Gasteiger partial charge is 0.242 e. The van der Waals surface area contributed by atoms with Crippen molar-refractivity contribution in [1.29, 1.82) is 0 Å². The Morgan fingerprint density at radius 1 is 1.19 bits per heavy atom. The van der Waals surface area contributed by atoms with Crippen LogP contribution in [0.15, 0.2) is 40.9 Å². The second-order valence-corrected chi connectivity index (χ2v) is 4.23. The Morgan fingerprint density at radius 2 is 1.94 bits per heavy atom. The monoisotopic (exact) mass is 278 g/mol. The van der Waals surface area contributed by atoms with E-state index in [0.717, 1.165) is 10.2 Å². The number of pyridine rings is 1. The number of halogens is 1. The average Bonchev–Trinajstić information content (AvgIpc) is 2.27. The van der Waals surface area contributed by atoms with Gasteiger partial charge in [0.1, 0.15) is 5.75 Å². The molecule has 1 heterocycles. The predicted molar refractivity (Wildman–Crippen MR) is 67.6 cm³/mol. The molecule has 2 aromatic rings. The predicted octanol–water partition coefficient (Wildman–Crippen LogP) is 3.53. The fourth-order valence-electron chi connectivity index (χ4n) is 1.26. The van der Waals surface area contributed by atoms with Gasteiger partial charge in [-0.15, -0.1) is 0 Å². The maximum Gasteiger partial charge on any atom is 0.242 e. The van der Waals surface area contributed by atoms with Crippen LogP contribution < -0.4 is 10.5 Å². The summed E-state index contributed by atoms with van der Waals surface area (Å²) in [7, 11) is 0. The number of hydrogen-bond acceptors (Lipinski definition) is 3. The molecule has 0 saturated carbocycles. The molecule has 1 aromatic carbocycles. The van der Waals surface area contributed by atoms with Crippen LogP contribution in [0.1, 0.15) is 5.69 Å². The van der Waals surface area contributed by atoms with Crippen LogP contribution in [0.4, 0.5) is 5.69 Å². The fourth-order valence-corrected chi connectivity index (χ4v) is 1.62. The molecule has 0 bridgehead atoms. The lowest BCUT2D eigenvalue weighted by molar-refractivity contribution is 0.461. The van der Waals surface area contributed by atoms with Crippen molar-refractivity contribution in [2.45, 2.75) is 6.92 Å². The second-order valence-electron chi connectivity index (χ2n) is 3.38. The van der Waals surface area contributed by atoms with Gasteiger partial charge >= 0.3 is 0 Å². The van der Waals surface area contributed by atoms with E-state index in [9.17, 15) is 0 Å². The van der Waals surface area contributed by atoms with Gasteiger partial charge in [-0.05, 0) is 47.1 Å². The Bertz CT molecular complexity index is 514. The standard InChI is InChI=1S/C12H11BrN2O/c1-8-6-7-10(14)12(15-8)16-11-5-3-2-4-9(11)13/h2-7H,14H2,1H3. The van der Waals surface area contributed by atoms with Gasteiger partial charge in [-0.25, -0.2) is 4.98 Å². The van der Waals surface area contributed by atoms with Gasteiger partial charge in [0.15, 0.2) is 0 Å². The third-order valence-electron chi connectivity index (χ3n) is 2.07. The van der Waals surface area contributed by atoms with Crippen molar-refractivity contribution in [2.24, 2.45) is 0 Å². The van der Waals surface area contributed by atoms with Crippen LogP contribution >= 0.6 is 15.9 Å². The van der Waals surface area contributed by atoms with Gasteiger partial charge < -0.3 is 10.5 Å². The molecule has 0 amide bonds. The number of rotatable bonds is 2. The van der Waals surface area contributed by atoms with Gasteiger partial charge in [0.2, 0.25) is 5.88 Å². The van der Waals surface area contributed by atoms with Crippen molar-refractivity contribution in [3.05, 3.63) is 46.6 Å². The number of para-hydroxylation sites is 1. The molecule has 2 rings (SSSR count). The van der Waals surface area contributed by atoms with Crippen LogP contribution in [-0.2, 0) is 0 Å². The van der Waals surface area contributed by atoms with Crippen molar-refractivity contribution < 1.29 is 4.74 Å². The number of benzene rings is 1. The second kappa shape index (κ2) is 4.53. The molecule has 0 radical (unpaired) electrons. The highest BCUT2D eigenvalue weighted by Gasteiger charge is 2.06. The zero-order valence-corrected chi connectivity index (χ0v) is 10.4. The summed E-state index contributed by atoms with van der Waals surface area (Å²) in [6.45, 7) is 1.90. The van der Waals surface area contributed by atoms with Crippen LogP contribution in [0.3, 0.4) is 0 Å². The summed E-state index contributed by atoms with van der Waals surface area (Å²) in [4.78, 5) is 4.24. The van der Waals surface area contributed by atoms with Crippen molar-refractivity contribution in [3.8, 4) is 11.6 Å². The third-order valence-corrected chi connectivity index (χ3v) is 2.73. The Kier molecular flexibility index (Phi) is 3.10. The van der Waals surface area contributed by atoms with E-state index in [-0.39, 0.29) is 0 Å². The maximum atomic E-state index is 5.78. The van der Waals surface area contributed by atoms with Crippen molar-refractivity contribution in [2.75, 3.05) is 5.73 Å². The Hall–Kier alpha value is -1.55. The van der Waals surface area contributed by atoms with E-state index in [1.54, 1.807) is 6.07 Å². The summed E-state index contributed by atoms with van der Waals surface area (Å²) in [6, 6.07) is 11.2. The summed E-state index contributed by atoms with van der Waals surface area (Å²) in [5.41, 5.74) is 7.19. The lowest BCUT2D eigenvalue weighted by Crippen LogP contribution is -1.96. The van der Waals surface area contributed by atoms with Crippen molar-refractivity contribution in [1.82, 2.24) is 4.98 Å². The number of aromatic nitrogens is 1. The summed E-state index contributed by atoms with van der Waals surface area (Å²) in [5.74, 6) is 1.14. The first-order valence-corrected chi connectivity index (χ1v) is 5.61. The third kappa shape index (κ3) is 2.33. The molecule has 16 heavy (non-hydrogen) atoms. The minimum absolute atomic E-state index is 0.437. The number of nitrogens with two attached hydrogens (primary N) is 1. The highest BCUT2D eigenvalue weighted by Crippen LogP contribution is 2.30. The first kappa shape index (κ1) is 11.0. The van der Waals surface area contributed by atoms with Crippen LogP contribution in [0, 0.1) is 6.92 Å². The molecule has 3 nitrogen and oxygen atoms in total. The van der Waals surface area contributed by atoms with Crippen LogP contribution in [-0.4, -0.2) is 4.98 Å². The van der Waals surface area contributed by atoms with Crippen LogP contribution in [0.25, 0.3) is 0 Å². The number of nitrogens with zero attached hydrogens (tertiary/aromatic N) is 1. The molecule has 0 aliphatic rings. The lowest BCUT2D eigenvalue weighted by atomic mass is 10.3. The van der Waals surface area contributed by atoms with Gasteiger partial charge in [0, 0.05) is 5.69 Å². The minimum Gasteiger partial charge on any atom is -0.436 e. The Morgan fingerprint density at radius 3 is 2.69 bits per heavy atom. The number of anilines is 1. The average molecular weight is 279 g/mol. The molecule has 4 heteroatoms. The molecular formula is C12H11BrN2O. The SMILES string of the molecule is Cc1ccc(N)c(Oc2ccccc2Br)n1. The molecule has 82 valence electrons. The molecule has 0 fully saturated rings. The summed E-state index contributed by atoms with van der Waals surface area (Å²) >= 11 is 3.40. The molecule has 2 N–H and O–H groups in total. The van der Waals surface area contributed by atoms with Gasteiger partial charge in [-0.3, -0.25) is 0 Å². The van der Waals surface area contributed by atoms with Crippen molar-refractivity contribution >= 4 is 21.6 Å². The highest BCUT2D eigenvalue weighted by atomic mass is 79.9. The molecule has 0 atom stereocenters. The molecule has 0 spiro atoms. The van der Waals surface area contributed by atoms with E-state index in [2.05, 4.69) is 20.9 Å².